The van der Waals surface area contributed by atoms with Gasteiger partial charge >= 0.3 is 0 Å². The summed E-state index contributed by atoms with van der Waals surface area (Å²) in [5, 5.41) is 3.31. The number of hydrogen-bond acceptors (Lipinski definition) is 4. The highest BCUT2D eigenvalue weighted by molar-refractivity contribution is 5.13. The van der Waals surface area contributed by atoms with Crippen molar-refractivity contribution in [2.24, 2.45) is 0 Å². The van der Waals surface area contributed by atoms with Crippen LogP contribution in [0.1, 0.15) is 43.6 Å². The first-order valence-corrected chi connectivity index (χ1v) is 6.92. The van der Waals surface area contributed by atoms with Crippen molar-refractivity contribution < 1.29 is 0 Å². The zero-order valence-corrected chi connectivity index (χ0v) is 11.7. The summed E-state index contributed by atoms with van der Waals surface area (Å²) in [4.78, 5) is 11.5. The predicted molar refractivity (Wildman–Crippen MR) is 73.5 cm³/mol. The third kappa shape index (κ3) is 2.87. The Kier molecular flexibility index (Phi) is 4.66. The number of aromatic nitrogens is 2. The molecule has 4 nitrogen and oxygen atoms in total. The lowest BCUT2D eigenvalue weighted by Crippen LogP contribution is -2.46. The van der Waals surface area contributed by atoms with Gasteiger partial charge in [0, 0.05) is 25.0 Å². The van der Waals surface area contributed by atoms with E-state index < -0.39 is 0 Å². The lowest BCUT2D eigenvalue weighted by Gasteiger charge is -2.39. The second-order valence-corrected chi connectivity index (χ2v) is 5.15. The van der Waals surface area contributed by atoms with Crippen molar-refractivity contribution in [1.82, 2.24) is 20.2 Å². The van der Waals surface area contributed by atoms with Gasteiger partial charge in [-0.05, 0) is 40.3 Å². The molecule has 4 heteroatoms. The van der Waals surface area contributed by atoms with Crippen molar-refractivity contribution in [3.05, 3.63) is 23.8 Å². The van der Waals surface area contributed by atoms with Gasteiger partial charge in [-0.25, -0.2) is 0 Å². The zero-order valence-electron chi connectivity index (χ0n) is 11.7. The molecule has 0 aliphatic carbocycles. The molecule has 0 spiro atoms. The van der Waals surface area contributed by atoms with Crippen molar-refractivity contribution in [3.8, 4) is 0 Å². The maximum atomic E-state index is 4.52. The molecule has 1 N–H and O–H groups in total. The molecule has 2 atom stereocenters. The molecule has 2 unspecified atom stereocenters. The van der Waals surface area contributed by atoms with Crippen molar-refractivity contribution in [3.63, 3.8) is 0 Å². The fraction of sp³-hybridized carbons (Fsp3) is 0.714. The van der Waals surface area contributed by atoms with Crippen LogP contribution < -0.4 is 5.32 Å². The summed E-state index contributed by atoms with van der Waals surface area (Å²) < 4.78 is 0. The molecule has 2 heterocycles. The lowest BCUT2D eigenvalue weighted by molar-refractivity contribution is 0.100. The van der Waals surface area contributed by atoms with Crippen LogP contribution in [0.15, 0.2) is 12.4 Å². The Balaban J connectivity index is 2.15. The van der Waals surface area contributed by atoms with Gasteiger partial charge in [0.15, 0.2) is 0 Å². The van der Waals surface area contributed by atoms with Gasteiger partial charge in [0.1, 0.15) is 0 Å². The molecule has 0 bridgehead atoms. The maximum Gasteiger partial charge on any atom is 0.0784 e. The molecule has 0 radical (unpaired) electrons. The molecule has 2 rings (SSSR count). The molecule has 0 saturated carbocycles. The van der Waals surface area contributed by atoms with Gasteiger partial charge in [0.05, 0.1) is 17.4 Å². The highest BCUT2D eigenvalue weighted by Gasteiger charge is 2.28. The Bertz CT molecular complexity index is 378. The molecule has 1 aliphatic heterocycles. The first kappa shape index (κ1) is 13.4. The number of nitrogens with zero attached hydrogens (tertiary/aromatic N) is 3. The van der Waals surface area contributed by atoms with Gasteiger partial charge < -0.3 is 5.32 Å². The summed E-state index contributed by atoms with van der Waals surface area (Å²) >= 11 is 0. The van der Waals surface area contributed by atoms with Crippen molar-refractivity contribution in [2.45, 2.75) is 45.2 Å². The van der Waals surface area contributed by atoms with Gasteiger partial charge in [0.2, 0.25) is 0 Å². The number of likely N-dealkylation sites (N-methyl/N-ethyl adjacent to an activating group) is 1. The van der Waals surface area contributed by atoms with E-state index in [0.29, 0.717) is 12.1 Å². The van der Waals surface area contributed by atoms with E-state index in [4.69, 9.17) is 0 Å². The molecule has 1 aromatic heterocycles. The average Bonchev–Trinajstić information content (AvgIpc) is 2.40. The Hall–Kier alpha value is -1.00. The van der Waals surface area contributed by atoms with E-state index in [2.05, 4.69) is 34.0 Å². The first-order valence-electron chi connectivity index (χ1n) is 6.92. The lowest BCUT2D eigenvalue weighted by atomic mass is 9.98. The monoisotopic (exact) mass is 248 g/mol. The molecule has 1 aromatic rings. The highest BCUT2D eigenvalue weighted by atomic mass is 15.2. The van der Waals surface area contributed by atoms with Crippen LogP contribution in [-0.2, 0) is 0 Å². The number of hydrogen-bond donors (Lipinski definition) is 1. The highest BCUT2D eigenvalue weighted by Crippen LogP contribution is 2.27. The Labute approximate surface area is 110 Å². The normalized spacial score (nSPS) is 22.9. The third-order valence-corrected chi connectivity index (χ3v) is 3.92. The molecule has 0 aromatic carbocycles. The number of nitrogens with one attached hydrogen (secondary N) is 1. The van der Waals surface area contributed by atoms with Crippen LogP contribution in [0.5, 0.6) is 0 Å². The summed E-state index contributed by atoms with van der Waals surface area (Å²) in [6.45, 7) is 6.54. The number of rotatable bonds is 4. The third-order valence-electron chi connectivity index (χ3n) is 3.92. The number of likely N-dealkylation sites (tertiary alicyclic amines) is 1. The largest absolute Gasteiger partial charge is 0.318 e. The predicted octanol–water partition coefficient (Wildman–Crippen LogP) is 1.92. The van der Waals surface area contributed by atoms with E-state index in [-0.39, 0.29) is 0 Å². The molecule has 0 amide bonds. The summed E-state index contributed by atoms with van der Waals surface area (Å²) in [5.41, 5.74) is 2.18. The van der Waals surface area contributed by atoms with Gasteiger partial charge in [-0.15, -0.1) is 0 Å². The summed E-state index contributed by atoms with van der Waals surface area (Å²) in [6, 6.07) is 0.984. The fourth-order valence-corrected chi connectivity index (χ4v) is 2.97. The van der Waals surface area contributed by atoms with Crippen molar-refractivity contribution in [2.75, 3.05) is 20.1 Å². The van der Waals surface area contributed by atoms with Crippen LogP contribution >= 0.6 is 0 Å². The molecular weight excluding hydrogens is 224 g/mol. The Morgan fingerprint density at radius 2 is 2.17 bits per heavy atom. The zero-order chi connectivity index (χ0) is 13.0. The topological polar surface area (TPSA) is 41.0 Å². The van der Waals surface area contributed by atoms with Gasteiger partial charge in [0.25, 0.3) is 0 Å². The second-order valence-electron chi connectivity index (χ2n) is 5.15. The molecule has 1 fully saturated rings. The van der Waals surface area contributed by atoms with Crippen LogP contribution in [0, 0.1) is 6.92 Å². The second kappa shape index (κ2) is 6.25. The van der Waals surface area contributed by atoms with Crippen LogP contribution in [0.4, 0.5) is 0 Å². The van der Waals surface area contributed by atoms with Crippen LogP contribution in [0.2, 0.25) is 0 Å². The molecular formula is C14H24N4. The minimum Gasteiger partial charge on any atom is -0.318 e. The van der Waals surface area contributed by atoms with E-state index in [9.17, 15) is 0 Å². The SMILES string of the molecule is CNCC1CCCCN1C(C)c1nccnc1C. The molecule has 100 valence electrons. The minimum absolute atomic E-state index is 0.359. The van der Waals surface area contributed by atoms with Gasteiger partial charge in [-0.3, -0.25) is 14.9 Å². The fourth-order valence-electron chi connectivity index (χ4n) is 2.97. The summed E-state index contributed by atoms with van der Waals surface area (Å²) in [5.74, 6) is 0. The standard InChI is InChI=1S/C14H24N4/c1-11-14(17-8-7-16-11)12(2)18-9-5-4-6-13(18)10-15-3/h7-8,12-13,15H,4-6,9-10H2,1-3H3. The smallest absolute Gasteiger partial charge is 0.0784 e. The Morgan fingerprint density at radius 1 is 1.39 bits per heavy atom. The van der Waals surface area contributed by atoms with E-state index in [0.717, 1.165) is 17.9 Å². The first-order chi connectivity index (χ1) is 8.74. The van der Waals surface area contributed by atoms with E-state index >= 15 is 0 Å². The minimum atomic E-state index is 0.359. The van der Waals surface area contributed by atoms with Crippen molar-refractivity contribution >= 4 is 0 Å². The number of piperidine rings is 1. The Morgan fingerprint density at radius 3 is 2.89 bits per heavy atom. The molecule has 18 heavy (non-hydrogen) atoms. The van der Waals surface area contributed by atoms with Gasteiger partial charge in [-0.1, -0.05) is 6.42 Å². The quantitative estimate of drug-likeness (QED) is 0.884. The van der Waals surface area contributed by atoms with E-state index in [1.165, 1.54) is 25.8 Å². The van der Waals surface area contributed by atoms with E-state index in [1.807, 2.05) is 7.05 Å². The summed E-state index contributed by atoms with van der Waals surface area (Å²) in [7, 11) is 2.03. The molecule has 1 aliphatic rings. The number of aryl methyl sites for hydroxylation is 1. The van der Waals surface area contributed by atoms with Crippen LogP contribution in [0.25, 0.3) is 0 Å². The van der Waals surface area contributed by atoms with Crippen LogP contribution in [0.3, 0.4) is 0 Å². The maximum absolute atomic E-state index is 4.52. The van der Waals surface area contributed by atoms with E-state index in [1.54, 1.807) is 12.4 Å². The average molecular weight is 248 g/mol. The van der Waals surface area contributed by atoms with Crippen LogP contribution in [-0.4, -0.2) is 41.0 Å². The van der Waals surface area contributed by atoms with Gasteiger partial charge in [-0.2, -0.15) is 0 Å². The van der Waals surface area contributed by atoms with Crippen molar-refractivity contribution in [1.29, 1.82) is 0 Å². The summed E-state index contributed by atoms with van der Waals surface area (Å²) in [6.07, 6.45) is 7.49. The molecule has 1 saturated heterocycles.